The number of benzene rings is 1. The lowest BCUT2D eigenvalue weighted by Gasteiger charge is -2.41. The van der Waals surface area contributed by atoms with E-state index in [1.54, 1.807) is 17.0 Å². The summed E-state index contributed by atoms with van der Waals surface area (Å²) in [4.78, 5) is 72.8. The molecule has 0 aromatic heterocycles. The van der Waals surface area contributed by atoms with Crippen molar-refractivity contribution in [3.05, 3.63) is 29.3 Å². The Labute approximate surface area is 270 Å². The van der Waals surface area contributed by atoms with Crippen LogP contribution < -0.4 is 10.2 Å². The van der Waals surface area contributed by atoms with Gasteiger partial charge in [0.1, 0.15) is 11.6 Å². The van der Waals surface area contributed by atoms with Crippen molar-refractivity contribution in [2.24, 2.45) is 5.92 Å². The molecule has 1 aromatic rings. The molecule has 0 saturated carbocycles. The van der Waals surface area contributed by atoms with E-state index in [0.717, 1.165) is 75.8 Å². The first-order chi connectivity index (χ1) is 21.9. The van der Waals surface area contributed by atoms with Gasteiger partial charge in [-0.1, -0.05) is 0 Å². The van der Waals surface area contributed by atoms with Crippen molar-refractivity contribution < 1.29 is 33.4 Å². The van der Waals surface area contributed by atoms with Gasteiger partial charge in [-0.15, -0.1) is 0 Å². The maximum absolute atomic E-state index is 13.2. The van der Waals surface area contributed by atoms with E-state index in [4.69, 9.17) is 9.47 Å². The molecule has 5 aliphatic heterocycles. The minimum absolute atomic E-state index is 0.00900. The maximum Gasteiger partial charge on any atom is 0.410 e. The smallest absolute Gasteiger partial charge is 0.410 e. The minimum atomic E-state index is -0.957. The minimum Gasteiger partial charge on any atom is -0.444 e. The molecule has 0 aliphatic carbocycles. The fourth-order valence-corrected chi connectivity index (χ4v) is 7.16. The van der Waals surface area contributed by atoms with Crippen LogP contribution in [0.15, 0.2) is 18.2 Å². The number of ether oxygens (including phenoxy) is 2. The van der Waals surface area contributed by atoms with Crippen molar-refractivity contribution >= 4 is 35.4 Å². The molecule has 5 amide bonds. The van der Waals surface area contributed by atoms with Crippen LogP contribution in [0.5, 0.6) is 0 Å². The molecule has 1 unspecified atom stereocenters. The Morgan fingerprint density at radius 2 is 1.57 bits per heavy atom. The third kappa shape index (κ3) is 7.21. The molecule has 13 nitrogen and oxygen atoms in total. The summed E-state index contributed by atoms with van der Waals surface area (Å²) in [6, 6.07) is 4.40. The molecule has 0 spiro atoms. The lowest BCUT2D eigenvalue weighted by Crippen LogP contribution is -2.54. The summed E-state index contributed by atoms with van der Waals surface area (Å²) in [7, 11) is 0. The maximum atomic E-state index is 13.2. The molecule has 2 atom stereocenters. The average Bonchev–Trinajstić information content (AvgIpc) is 3.26. The summed E-state index contributed by atoms with van der Waals surface area (Å²) in [5.41, 5.74) is 1.03. The van der Waals surface area contributed by atoms with Gasteiger partial charge in [0.15, 0.2) is 0 Å². The van der Waals surface area contributed by atoms with Gasteiger partial charge >= 0.3 is 6.09 Å². The van der Waals surface area contributed by atoms with Crippen molar-refractivity contribution in [2.45, 2.75) is 64.2 Å². The quantitative estimate of drug-likeness (QED) is 0.458. The fourth-order valence-electron chi connectivity index (χ4n) is 7.16. The van der Waals surface area contributed by atoms with Crippen LogP contribution in [0.3, 0.4) is 0 Å². The summed E-state index contributed by atoms with van der Waals surface area (Å²) in [5.74, 6) is -1.34. The lowest BCUT2D eigenvalue weighted by molar-refractivity contribution is -0.136. The molecule has 4 saturated heterocycles. The van der Waals surface area contributed by atoms with Gasteiger partial charge in [-0.3, -0.25) is 34.3 Å². The van der Waals surface area contributed by atoms with Gasteiger partial charge in [0.2, 0.25) is 11.8 Å². The molecule has 6 rings (SSSR count). The monoisotopic (exact) mass is 638 g/mol. The van der Waals surface area contributed by atoms with Crippen LogP contribution in [0.1, 0.15) is 67.2 Å². The number of imide groups is 2. The number of nitrogens with one attached hydrogen (secondary N) is 1. The van der Waals surface area contributed by atoms with Gasteiger partial charge in [0.05, 0.1) is 30.4 Å². The number of carbonyl (C=O) groups is 5. The van der Waals surface area contributed by atoms with Crippen LogP contribution in [0.4, 0.5) is 10.5 Å². The predicted molar refractivity (Wildman–Crippen MR) is 168 cm³/mol. The van der Waals surface area contributed by atoms with Crippen molar-refractivity contribution in [3.63, 3.8) is 0 Å². The molecule has 1 N–H and O–H groups in total. The number of piperazine rings is 1. The molecule has 13 heteroatoms. The SMILES string of the molecule is CC(C)(C)OC(=O)N1CCO[C@H](CN2CCN(CC3CCN(c4ccc5c(c4)C(=O)N(C4CCC(=O)NC4=O)C5=O)CC3)CC2)C1. The van der Waals surface area contributed by atoms with Crippen LogP contribution >= 0.6 is 0 Å². The van der Waals surface area contributed by atoms with Crippen molar-refractivity contribution in [2.75, 3.05) is 77.0 Å². The zero-order valence-corrected chi connectivity index (χ0v) is 27.2. The number of fused-ring (bicyclic) bond motifs is 1. The Bertz CT molecular complexity index is 1360. The van der Waals surface area contributed by atoms with Gasteiger partial charge in [0, 0.05) is 71.0 Å². The molecule has 0 bridgehead atoms. The van der Waals surface area contributed by atoms with Crippen LogP contribution in [-0.4, -0.2) is 139 Å². The van der Waals surface area contributed by atoms with Crippen LogP contribution in [0.2, 0.25) is 0 Å². The summed E-state index contributed by atoms with van der Waals surface area (Å²) in [5, 5.41) is 2.24. The van der Waals surface area contributed by atoms with E-state index in [0.29, 0.717) is 36.7 Å². The first-order valence-electron chi connectivity index (χ1n) is 16.6. The van der Waals surface area contributed by atoms with Crippen molar-refractivity contribution in [1.82, 2.24) is 24.9 Å². The van der Waals surface area contributed by atoms with E-state index in [1.165, 1.54) is 0 Å². The van der Waals surface area contributed by atoms with Crippen LogP contribution in [0.25, 0.3) is 0 Å². The Morgan fingerprint density at radius 1 is 0.891 bits per heavy atom. The number of hydrogen-bond acceptors (Lipinski definition) is 10. The number of nitrogens with zero attached hydrogens (tertiary/aromatic N) is 5. The van der Waals surface area contributed by atoms with E-state index in [1.807, 2.05) is 26.8 Å². The molecule has 5 heterocycles. The third-order valence-corrected chi connectivity index (χ3v) is 9.64. The van der Waals surface area contributed by atoms with Gasteiger partial charge in [-0.25, -0.2) is 4.79 Å². The number of amides is 5. The molecular weight excluding hydrogens is 592 g/mol. The summed E-state index contributed by atoms with van der Waals surface area (Å²) >= 11 is 0. The van der Waals surface area contributed by atoms with Gasteiger partial charge in [-0.2, -0.15) is 0 Å². The molecule has 250 valence electrons. The van der Waals surface area contributed by atoms with E-state index in [9.17, 15) is 24.0 Å². The summed E-state index contributed by atoms with van der Waals surface area (Å²) < 4.78 is 11.5. The Morgan fingerprint density at radius 3 is 2.24 bits per heavy atom. The number of anilines is 1. The molecule has 46 heavy (non-hydrogen) atoms. The van der Waals surface area contributed by atoms with E-state index >= 15 is 0 Å². The zero-order chi connectivity index (χ0) is 32.6. The Hall–Kier alpha value is -3.55. The second-order valence-electron chi connectivity index (χ2n) is 14.1. The lowest BCUT2D eigenvalue weighted by atomic mass is 9.95. The molecule has 5 aliphatic rings. The number of hydrogen-bond donors (Lipinski definition) is 1. The highest BCUT2D eigenvalue weighted by Gasteiger charge is 2.45. The summed E-state index contributed by atoms with van der Waals surface area (Å²) in [6.07, 6.45) is 2.06. The van der Waals surface area contributed by atoms with Crippen LogP contribution in [-0.2, 0) is 19.1 Å². The fraction of sp³-hybridized carbons (Fsp3) is 0.667. The standard InChI is InChI=1S/C33H46N6O7/c1-33(2,3)46-32(44)38-16-17-45-24(21-38)20-36-14-12-35(13-15-36)19-22-8-10-37(11-9-22)23-4-5-25-26(18-23)31(43)39(30(25)42)27-6-7-28(40)34-29(27)41/h4-5,18,22,24,27H,6-17,19-21H2,1-3H3,(H,34,40,41)/t24-,27?/m1/s1. The van der Waals surface area contributed by atoms with Crippen molar-refractivity contribution in [1.29, 1.82) is 0 Å². The number of carbonyl (C=O) groups excluding carboxylic acids is 5. The predicted octanol–water partition coefficient (Wildman–Crippen LogP) is 1.56. The Balaban J connectivity index is 0.943. The van der Waals surface area contributed by atoms with Crippen molar-refractivity contribution in [3.8, 4) is 0 Å². The largest absolute Gasteiger partial charge is 0.444 e. The second-order valence-corrected chi connectivity index (χ2v) is 14.1. The first kappa shape index (κ1) is 32.4. The highest BCUT2D eigenvalue weighted by molar-refractivity contribution is 6.23. The molecule has 1 aromatic carbocycles. The Kier molecular flexibility index (Phi) is 9.36. The summed E-state index contributed by atoms with van der Waals surface area (Å²) in [6.45, 7) is 14.9. The van der Waals surface area contributed by atoms with E-state index < -0.39 is 29.4 Å². The first-order valence-corrected chi connectivity index (χ1v) is 16.6. The zero-order valence-electron chi connectivity index (χ0n) is 27.2. The molecule has 0 radical (unpaired) electrons. The topological polar surface area (TPSA) is 132 Å². The highest BCUT2D eigenvalue weighted by Crippen LogP contribution is 2.32. The van der Waals surface area contributed by atoms with Crippen LogP contribution in [0, 0.1) is 5.92 Å². The average molecular weight is 639 g/mol. The van der Waals surface area contributed by atoms with E-state index in [-0.39, 0.29) is 30.9 Å². The number of rotatable bonds is 6. The van der Waals surface area contributed by atoms with E-state index in [2.05, 4.69) is 20.0 Å². The third-order valence-electron chi connectivity index (χ3n) is 9.64. The van der Waals surface area contributed by atoms with Gasteiger partial charge < -0.3 is 24.2 Å². The molecule has 4 fully saturated rings. The number of piperidine rings is 2. The normalized spacial score (nSPS) is 25.6. The highest BCUT2D eigenvalue weighted by atomic mass is 16.6. The van der Waals surface area contributed by atoms with Gasteiger partial charge in [-0.05, 0) is 64.2 Å². The number of morpholine rings is 1. The molecular formula is C33H46N6O7. The second kappa shape index (κ2) is 13.3. The van der Waals surface area contributed by atoms with Gasteiger partial charge in [0.25, 0.3) is 11.8 Å².